The van der Waals surface area contributed by atoms with Crippen LogP contribution in [0.2, 0.25) is 5.15 Å². The summed E-state index contributed by atoms with van der Waals surface area (Å²) in [6, 6.07) is 3.87. The first-order chi connectivity index (χ1) is 8.65. The van der Waals surface area contributed by atoms with Crippen LogP contribution in [0.15, 0.2) is 18.3 Å². The molecule has 0 saturated heterocycles. The van der Waals surface area contributed by atoms with E-state index in [1.54, 1.807) is 10.7 Å². The molecular weight excluding hydrogens is 246 g/mol. The summed E-state index contributed by atoms with van der Waals surface area (Å²) in [5.41, 5.74) is 1.95. The monoisotopic (exact) mass is 263 g/mol. The SMILES string of the molecule is CC1CCC(C(C)c2cc(Cl)n3nccc3n2)C1. The quantitative estimate of drug-likeness (QED) is 0.769. The van der Waals surface area contributed by atoms with Crippen molar-refractivity contribution in [3.63, 3.8) is 0 Å². The Morgan fingerprint density at radius 3 is 3.00 bits per heavy atom. The number of nitrogens with zero attached hydrogens (tertiary/aromatic N) is 3. The van der Waals surface area contributed by atoms with E-state index in [4.69, 9.17) is 11.6 Å². The maximum Gasteiger partial charge on any atom is 0.156 e. The van der Waals surface area contributed by atoms with Crippen molar-refractivity contribution in [2.45, 2.75) is 39.0 Å². The molecule has 0 aliphatic heterocycles. The van der Waals surface area contributed by atoms with Crippen LogP contribution in [-0.4, -0.2) is 14.6 Å². The van der Waals surface area contributed by atoms with E-state index in [9.17, 15) is 0 Å². The van der Waals surface area contributed by atoms with Crippen molar-refractivity contribution in [2.75, 3.05) is 0 Å². The van der Waals surface area contributed by atoms with E-state index in [0.29, 0.717) is 11.1 Å². The number of aromatic nitrogens is 3. The van der Waals surface area contributed by atoms with Crippen LogP contribution in [0.5, 0.6) is 0 Å². The second kappa shape index (κ2) is 4.54. The van der Waals surface area contributed by atoms with Crippen LogP contribution in [0.4, 0.5) is 0 Å². The number of hydrogen-bond donors (Lipinski definition) is 0. The van der Waals surface area contributed by atoms with E-state index in [1.807, 2.05) is 12.1 Å². The molecule has 18 heavy (non-hydrogen) atoms. The first kappa shape index (κ1) is 12.0. The zero-order valence-electron chi connectivity index (χ0n) is 10.8. The van der Waals surface area contributed by atoms with Gasteiger partial charge >= 0.3 is 0 Å². The number of rotatable bonds is 2. The fourth-order valence-electron chi connectivity index (χ4n) is 3.07. The average molecular weight is 264 g/mol. The van der Waals surface area contributed by atoms with E-state index < -0.39 is 0 Å². The summed E-state index contributed by atoms with van der Waals surface area (Å²) < 4.78 is 1.68. The minimum atomic E-state index is 0.479. The Morgan fingerprint density at radius 1 is 1.44 bits per heavy atom. The predicted molar refractivity (Wildman–Crippen MR) is 72.9 cm³/mol. The standard InChI is InChI=1S/C14H18ClN3/c1-9-3-4-11(7-9)10(2)12-8-13(15)18-14(17-12)5-6-16-18/h5-6,8-11H,3-4,7H2,1-2H3. The van der Waals surface area contributed by atoms with E-state index in [1.165, 1.54) is 19.3 Å². The average Bonchev–Trinajstić information content (AvgIpc) is 2.96. The molecule has 2 heterocycles. The maximum absolute atomic E-state index is 6.24. The molecule has 2 aromatic rings. The zero-order valence-corrected chi connectivity index (χ0v) is 11.6. The molecule has 96 valence electrons. The molecule has 0 spiro atoms. The topological polar surface area (TPSA) is 30.2 Å². The number of hydrogen-bond acceptors (Lipinski definition) is 2. The van der Waals surface area contributed by atoms with Crippen molar-refractivity contribution in [1.29, 1.82) is 0 Å². The molecule has 3 unspecified atom stereocenters. The Bertz CT molecular complexity index is 563. The molecule has 1 aliphatic rings. The van der Waals surface area contributed by atoms with Crippen molar-refractivity contribution in [1.82, 2.24) is 14.6 Å². The summed E-state index contributed by atoms with van der Waals surface area (Å²) >= 11 is 6.24. The third kappa shape index (κ3) is 2.01. The van der Waals surface area contributed by atoms with Crippen molar-refractivity contribution in [3.8, 4) is 0 Å². The van der Waals surface area contributed by atoms with Crippen molar-refractivity contribution in [2.24, 2.45) is 11.8 Å². The summed E-state index contributed by atoms with van der Waals surface area (Å²) in [6.07, 6.45) is 5.70. The second-order valence-corrected chi connectivity index (χ2v) is 5.96. The normalized spacial score (nSPS) is 25.7. The van der Waals surface area contributed by atoms with E-state index in [0.717, 1.165) is 23.2 Å². The van der Waals surface area contributed by atoms with E-state index >= 15 is 0 Å². The van der Waals surface area contributed by atoms with Gasteiger partial charge < -0.3 is 0 Å². The first-order valence-corrected chi connectivity index (χ1v) is 7.03. The Morgan fingerprint density at radius 2 is 2.28 bits per heavy atom. The largest absolute Gasteiger partial charge is 0.233 e. The summed E-state index contributed by atoms with van der Waals surface area (Å²) in [5.74, 6) is 2.08. The van der Waals surface area contributed by atoms with Crippen LogP contribution in [0.1, 0.15) is 44.7 Å². The molecule has 1 aliphatic carbocycles. The predicted octanol–water partition coefficient (Wildman–Crippen LogP) is 3.92. The van der Waals surface area contributed by atoms with Crippen LogP contribution in [0, 0.1) is 11.8 Å². The third-order valence-electron chi connectivity index (χ3n) is 4.24. The van der Waals surface area contributed by atoms with E-state index in [2.05, 4.69) is 23.9 Å². The molecule has 0 aromatic carbocycles. The summed E-state index contributed by atoms with van der Waals surface area (Å²) in [6.45, 7) is 4.61. The summed E-state index contributed by atoms with van der Waals surface area (Å²) in [5, 5.41) is 4.80. The van der Waals surface area contributed by atoms with Gasteiger partial charge in [-0.2, -0.15) is 5.10 Å². The highest BCUT2D eigenvalue weighted by atomic mass is 35.5. The lowest BCUT2D eigenvalue weighted by molar-refractivity contribution is 0.436. The van der Waals surface area contributed by atoms with Gasteiger partial charge in [0.05, 0.1) is 6.20 Å². The fourth-order valence-corrected chi connectivity index (χ4v) is 3.32. The van der Waals surface area contributed by atoms with Crippen LogP contribution >= 0.6 is 11.6 Å². The van der Waals surface area contributed by atoms with Gasteiger partial charge in [-0.25, -0.2) is 9.50 Å². The molecular formula is C14H18ClN3. The van der Waals surface area contributed by atoms with Gasteiger partial charge in [0.25, 0.3) is 0 Å². The number of fused-ring (bicyclic) bond motifs is 1. The Kier molecular flexibility index (Phi) is 3.02. The lowest BCUT2D eigenvalue weighted by Gasteiger charge is -2.19. The molecule has 0 radical (unpaired) electrons. The van der Waals surface area contributed by atoms with Crippen LogP contribution < -0.4 is 0 Å². The first-order valence-electron chi connectivity index (χ1n) is 6.65. The van der Waals surface area contributed by atoms with Gasteiger partial charge in [-0.05, 0) is 30.7 Å². The van der Waals surface area contributed by atoms with Crippen LogP contribution in [0.3, 0.4) is 0 Å². The molecule has 4 heteroatoms. The van der Waals surface area contributed by atoms with Gasteiger partial charge in [-0.3, -0.25) is 0 Å². The molecule has 3 nitrogen and oxygen atoms in total. The van der Waals surface area contributed by atoms with Gasteiger partial charge in [0.2, 0.25) is 0 Å². The lowest BCUT2D eigenvalue weighted by atomic mass is 9.89. The molecule has 3 atom stereocenters. The van der Waals surface area contributed by atoms with Gasteiger partial charge in [0.1, 0.15) is 5.15 Å². The minimum absolute atomic E-state index is 0.479. The maximum atomic E-state index is 6.24. The summed E-state index contributed by atoms with van der Waals surface area (Å²) in [4.78, 5) is 4.68. The Balaban J connectivity index is 1.93. The highest BCUT2D eigenvalue weighted by Gasteiger charge is 2.28. The second-order valence-electron chi connectivity index (χ2n) is 5.57. The van der Waals surface area contributed by atoms with Crippen LogP contribution in [0.25, 0.3) is 5.65 Å². The Labute approximate surface area is 112 Å². The molecule has 1 saturated carbocycles. The molecule has 1 fully saturated rings. The van der Waals surface area contributed by atoms with Crippen molar-refractivity contribution >= 4 is 17.2 Å². The summed E-state index contributed by atoms with van der Waals surface area (Å²) in [7, 11) is 0. The molecule has 2 aromatic heterocycles. The molecule has 0 bridgehead atoms. The molecule has 0 amide bonds. The minimum Gasteiger partial charge on any atom is -0.233 e. The van der Waals surface area contributed by atoms with E-state index in [-0.39, 0.29) is 0 Å². The number of halogens is 1. The van der Waals surface area contributed by atoms with Gasteiger partial charge in [-0.1, -0.05) is 31.9 Å². The highest BCUT2D eigenvalue weighted by molar-refractivity contribution is 6.29. The van der Waals surface area contributed by atoms with Crippen molar-refractivity contribution in [3.05, 3.63) is 29.2 Å². The molecule has 0 N–H and O–H groups in total. The van der Waals surface area contributed by atoms with Gasteiger partial charge in [0, 0.05) is 17.7 Å². The van der Waals surface area contributed by atoms with Crippen molar-refractivity contribution < 1.29 is 0 Å². The lowest BCUT2D eigenvalue weighted by Crippen LogP contribution is -2.09. The zero-order chi connectivity index (χ0) is 12.7. The Hall–Kier alpha value is -1.09. The fraction of sp³-hybridized carbons (Fsp3) is 0.571. The third-order valence-corrected chi connectivity index (χ3v) is 4.51. The smallest absolute Gasteiger partial charge is 0.156 e. The molecule has 3 rings (SSSR count). The van der Waals surface area contributed by atoms with Crippen LogP contribution in [-0.2, 0) is 0 Å². The highest BCUT2D eigenvalue weighted by Crippen LogP contribution is 2.39. The van der Waals surface area contributed by atoms with Gasteiger partial charge in [-0.15, -0.1) is 0 Å². The van der Waals surface area contributed by atoms with Gasteiger partial charge in [0.15, 0.2) is 5.65 Å².